The maximum Gasteiger partial charge on any atom is 0.410 e. The molecule has 479 valence electrons. The van der Waals surface area contributed by atoms with Crippen molar-refractivity contribution < 1.29 is 61.1 Å². The Kier molecular flexibility index (Phi) is 18.7. The number of aromatic carboxylic acids is 1. The summed E-state index contributed by atoms with van der Waals surface area (Å²) in [4.78, 5) is 101. The second-order valence-corrected chi connectivity index (χ2v) is 28.1. The number of carboxylic acid groups (broad SMARTS) is 1. The molecule has 4 saturated carbocycles. The van der Waals surface area contributed by atoms with Crippen LogP contribution in [0.15, 0.2) is 115 Å². The Labute approximate surface area is 536 Å². The highest BCUT2D eigenvalue weighted by Gasteiger charge is 2.66. The third-order valence-electron chi connectivity index (χ3n) is 17.8. The average molecular weight is 1290 g/mol. The standard InChI is InChI=1S/C68H72N9O13S2/c1-44-52(49-22-23-53(72-60(49)62(83)84)47-21-20-46-14-10-16-50(51(46)35-47)61(82)74-63-73-54-17-6-7-18-55(54)91-63)36-70-77(44)43-67-38-65(2)37-66(3,39-67)41-68(40-65,42-67)90-32-29-75(30-33-92(86,87)88)64(85)89-31-11-13-45-12-9-15-48(34-45)71-57(79)26-27-69-56(78)19-5-4-8-28-76-58(80)24-25-59(76)81/h6-7,9-14,16-18,20-25,34-36H,4-5,8,19,26-33,37-43H2,1-3H3,(H,69,78)(H,71,79)(H,83,84)(H,73,74,82)(H,86,87,88)/b13-11+. The first kappa shape index (κ1) is 64.6. The van der Waals surface area contributed by atoms with Gasteiger partial charge in [-0.2, -0.15) is 13.5 Å². The van der Waals surface area contributed by atoms with E-state index >= 15 is 0 Å². The number of carbonyl (C=O) groups excluding carboxylic acids is 6. The lowest BCUT2D eigenvalue weighted by Gasteiger charge is -2.69. The van der Waals surface area contributed by atoms with Gasteiger partial charge in [0.2, 0.25) is 11.8 Å². The van der Waals surface area contributed by atoms with Crippen LogP contribution in [0.4, 0.5) is 15.6 Å². The molecule has 4 bridgehead atoms. The van der Waals surface area contributed by atoms with Crippen molar-refractivity contribution in [1.82, 2.24) is 34.9 Å². The van der Waals surface area contributed by atoms with Crippen LogP contribution >= 0.6 is 11.3 Å². The van der Waals surface area contributed by atoms with Gasteiger partial charge in [0, 0.05) is 97.4 Å². The Bertz CT molecular complexity index is 4160. The topological polar surface area (TPSA) is 299 Å². The number of rotatable bonds is 27. The molecule has 0 saturated heterocycles. The number of imide groups is 1. The summed E-state index contributed by atoms with van der Waals surface area (Å²) >= 11 is 1.39. The summed E-state index contributed by atoms with van der Waals surface area (Å²) in [6.07, 6.45) is 13.8. The molecule has 92 heavy (non-hydrogen) atoms. The van der Waals surface area contributed by atoms with Crippen LogP contribution in [0.1, 0.15) is 117 Å². The molecule has 22 nitrogen and oxygen atoms in total. The van der Waals surface area contributed by atoms with Crippen LogP contribution in [0.2, 0.25) is 0 Å². The first-order valence-electron chi connectivity index (χ1n) is 30.7. The molecule has 24 heteroatoms. The van der Waals surface area contributed by atoms with Crippen LogP contribution in [0.5, 0.6) is 0 Å². The number of benzene rings is 4. The summed E-state index contributed by atoms with van der Waals surface area (Å²) in [7, 11) is -4.45. The molecule has 12 rings (SSSR count). The molecule has 2 unspecified atom stereocenters. The zero-order valence-corrected chi connectivity index (χ0v) is 53.0. The number of carbonyl (C=O) groups is 7. The fraction of sp³-hybridized carbons (Fsp3) is 0.382. The Balaban J connectivity index is 0.692. The number of nitrogens with zero attached hydrogens (tertiary/aromatic N) is 6. The first-order chi connectivity index (χ1) is 43.9. The Morgan fingerprint density at radius 3 is 2.37 bits per heavy atom. The van der Waals surface area contributed by atoms with Crippen LogP contribution in [-0.2, 0) is 45.3 Å². The molecule has 1 aliphatic heterocycles. The van der Waals surface area contributed by atoms with Crippen LogP contribution in [0.3, 0.4) is 0 Å². The third kappa shape index (κ3) is 15.2. The van der Waals surface area contributed by atoms with Crippen molar-refractivity contribution in [3.05, 3.63) is 144 Å². The van der Waals surface area contributed by atoms with E-state index in [-0.39, 0.29) is 97.2 Å². The summed E-state index contributed by atoms with van der Waals surface area (Å²) in [5.41, 5.74) is 4.00. The van der Waals surface area contributed by atoms with Crippen molar-refractivity contribution in [3.63, 3.8) is 0 Å². The van der Waals surface area contributed by atoms with Crippen LogP contribution < -0.4 is 16.0 Å². The number of aromatic nitrogens is 4. The van der Waals surface area contributed by atoms with Gasteiger partial charge in [0.05, 0.1) is 40.1 Å². The van der Waals surface area contributed by atoms with Gasteiger partial charge in [-0.1, -0.05) is 86.2 Å². The minimum absolute atomic E-state index is 0.0153. The number of thiazole rings is 1. The quantitative estimate of drug-likeness (QED) is 0.0182. The van der Waals surface area contributed by atoms with Crippen molar-refractivity contribution in [2.75, 3.05) is 55.8 Å². The predicted molar refractivity (Wildman–Crippen MR) is 347 cm³/mol. The molecule has 2 atom stereocenters. The number of nitrogens with one attached hydrogen (secondary N) is 3. The molecule has 5 aliphatic rings. The van der Waals surface area contributed by atoms with Crippen molar-refractivity contribution in [2.45, 2.75) is 104 Å². The summed E-state index contributed by atoms with van der Waals surface area (Å²) in [6, 6.07) is 30.2. The number of unbranched alkanes of at least 4 members (excludes halogenated alkanes) is 2. The van der Waals surface area contributed by atoms with Gasteiger partial charge >= 0.3 is 12.1 Å². The van der Waals surface area contributed by atoms with Gasteiger partial charge in [0.1, 0.15) is 6.61 Å². The monoisotopic (exact) mass is 1290 g/mol. The molecule has 4 heterocycles. The summed E-state index contributed by atoms with van der Waals surface area (Å²) < 4.78 is 49.1. The number of anilines is 2. The van der Waals surface area contributed by atoms with Gasteiger partial charge < -0.3 is 30.1 Å². The maximum atomic E-state index is 13.7. The second kappa shape index (κ2) is 26.7. The number of carboxylic acids is 1. The molecule has 4 aliphatic carbocycles. The van der Waals surface area contributed by atoms with Crippen LogP contribution in [-0.4, -0.2) is 140 Å². The summed E-state index contributed by atoms with van der Waals surface area (Å²) in [5, 5.41) is 26.0. The molecule has 6 amide bonds. The lowest BCUT2D eigenvalue weighted by Crippen LogP contribution is -2.64. The Hall–Kier alpha value is -8.97. The number of hydrogen-bond acceptors (Lipinski definition) is 15. The smallest absolute Gasteiger partial charge is 0.410 e. The number of amides is 6. The highest BCUT2D eigenvalue weighted by Crippen LogP contribution is 2.72. The highest BCUT2D eigenvalue weighted by molar-refractivity contribution is 7.85. The minimum Gasteiger partial charge on any atom is -0.476 e. The minimum atomic E-state index is -4.45. The van der Waals surface area contributed by atoms with Crippen LogP contribution in [0, 0.1) is 29.2 Å². The fourth-order valence-electron chi connectivity index (χ4n) is 15.0. The van der Waals surface area contributed by atoms with E-state index in [1.54, 1.807) is 54.7 Å². The lowest BCUT2D eigenvalue weighted by molar-refractivity contribution is -0.248. The van der Waals surface area contributed by atoms with E-state index in [1.165, 1.54) is 33.3 Å². The van der Waals surface area contributed by atoms with Gasteiger partial charge in [-0.25, -0.2) is 19.6 Å². The van der Waals surface area contributed by atoms with Gasteiger partial charge in [-0.05, 0) is 139 Å². The Morgan fingerprint density at radius 1 is 0.826 bits per heavy atom. The molecule has 1 radical (unpaired) electrons. The van der Waals surface area contributed by atoms with Crippen molar-refractivity contribution in [2.24, 2.45) is 16.2 Å². The molecule has 0 spiro atoms. The van der Waals surface area contributed by atoms with E-state index in [0.717, 1.165) is 53.4 Å². The number of ether oxygens (including phenoxy) is 2. The van der Waals surface area contributed by atoms with E-state index in [2.05, 4.69) is 40.8 Å². The number of hydrogen-bond donors (Lipinski definition) is 5. The lowest BCUT2D eigenvalue weighted by atomic mass is 9.39. The molecular formula is C68H72N9O13S2. The molecular weight excluding hydrogens is 1210 g/mol. The zero-order valence-electron chi connectivity index (χ0n) is 51.4. The summed E-state index contributed by atoms with van der Waals surface area (Å²) in [6.45, 7) is 7.04. The number of pyridine rings is 1. The molecule has 4 fully saturated rings. The van der Waals surface area contributed by atoms with E-state index < -0.39 is 33.5 Å². The predicted octanol–water partition coefficient (Wildman–Crippen LogP) is 10.5. The van der Waals surface area contributed by atoms with E-state index in [1.807, 2.05) is 66.2 Å². The van der Waals surface area contributed by atoms with Gasteiger partial charge in [0.25, 0.3) is 27.8 Å². The second-order valence-electron chi connectivity index (χ2n) is 25.5. The van der Waals surface area contributed by atoms with E-state index in [9.17, 15) is 51.6 Å². The zero-order chi connectivity index (χ0) is 65.0. The fourth-order valence-corrected chi connectivity index (χ4v) is 16.3. The number of para-hydroxylation sites is 1. The van der Waals surface area contributed by atoms with Crippen molar-refractivity contribution >= 4 is 101 Å². The Morgan fingerprint density at radius 2 is 1.61 bits per heavy atom. The SMILES string of the molecule is Cc1c(-c2ccc(-c3ccc4cccc(C(=O)Nc5nc6ccccc6s5)c4c3)nc2C(=O)O)cnn1CC12CC3(C)CC(C)(C1)CC(OCCN(CCS(=O)(=O)O)C(=O)OC/C=C/c1cc[c]c(NC(=O)CCNC(=O)CCCCCN4C(=O)C=CC4=O)c1)(C3)C2. The normalized spacial score (nSPS) is 20.8. The summed E-state index contributed by atoms with van der Waals surface area (Å²) in [5.74, 6) is -3.46. The van der Waals surface area contributed by atoms with E-state index in [4.69, 9.17) is 19.6 Å². The highest BCUT2D eigenvalue weighted by atomic mass is 32.2. The van der Waals surface area contributed by atoms with Crippen LogP contribution in [0.25, 0.3) is 49.4 Å². The maximum absolute atomic E-state index is 13.7. The number of fused-ring (bicyclic) bond motifs is 2. The third-order valence-corrected chi connectivity index (χ3v) is 19.4. The van der Waals surface area contributed by atoms with Crippen molar-refractivity contribution in [3.8, 4) is 22.4 Å². The van der Waals surface area contributed by atoms with Gasteiger partial charge in [0.15, 0.2) is 10.8 Å². The van der Waals surface area contributed by atoms with Gasteiger partial charge in [-0.3, -0.25) is 43.4 Å². The van der Waals surface area contributed by atoms with Gasteiger partial charge in [-0.15, -0.1) is 0 Å². The van der Waals surface area contributed by atoms with E-state index in [0.29, 0.717) is 88.5 Å². The first-order valence-corrected chi connectivity index (χ1v) is 33.1. The molecule has 4 aromatic carbocycles. The average Bonchev–Trinajstić information content (AvgIpc) is 0.728. The molecule has 5 N–H and O–H groups in total. The molecule has 3 aromatic heterocycles. The largest absolute Gasteiger partial charge is 0.476 e. The van der Waals surface area contributed by atoms with Crippen molar-refractivity contribution in [1.29, 1.82) is 0 Å². The molecule has 7 aromatic rings.